The first-order valence-corrected chi connectivity index (χ1v) is 6.12. The van der Waals surface area contributed by atoms with Crippen LogP contribution in [0.15, 0.2) is 30.3 Å². The number of nitrogens with zero attached hydrogens (tertiary/aromatic N) is 1. The van der Waals surface area contributed by atoms with E-state index in [0.717, 1.165) is 23.1 Å². The van der Waals surface area contributed by atoms with Crippen molar-refractivity contribution in [1.29, 1.82) is 0 Å². The third-order valence-corrected chi connectivity index (χ3v) is 4.03. The summed E-state index contributed by atoms with van der Waals surface area (Å²) in [7, 11) is 2.21. The molecule has 0 saturated carbocycles. The summed E-state index contributed by atoms with van der Waals surface area (Å²) in [6.45, 7) is 8.57. The molecule has 2 unspecified atom stereocenters. The fourth-order valence-corrected chi connectivity index (χ4v) is 2.07. The Hall–Kier alpha value is -0.860. The Morgan fingerprint density at radius 3 is 2.06 bits per heavy atom. The maximum Gasteiger partial charge on any atom is 0.130 e. The Balaban J connectivity index is 2.85. The highest BCUT2D eigenvalue weighted by atomic mass is 16.3. The van der Waals surface area contributed by atoms with Gasteiger partial charge >= 0.3 is 0 Å². The van der Waals surface area contributed by atoms with E-state index in [4.69, 9.17) is 0 Å². The average Bonchev–Trinajstić information content (AvgIpc) is 2.37. The summed E-state index contributed by atoms with van der Waals surface area (Å²) in [5.41, 5.74) is 1.02. The molecule has 0 saturated heterocycles. The maximum atomic E-state index is 10.4. The summed E-state index contributed by atoms with van der Waals surface area (Å²) in [5, 5.41) is 10.4. The molecular formula is C14H24NO+. The second kappa shape index (κ2) is 5.46. The van der Waals surface area contributed by atoms with E-state index in [0.29, 0.717) is 0 Å². The van der Waals surface area contributed by atoms with E-state index in [1.807, 2.05) is 30.3 Å². The van der Waals surface area contributed by atoms with Crippen molar-refractivity contribution in [3.8, 4) is 0 Å². The molecule has 0 spiro atoms. The van der Waals surface area contributed by atoms with Crippen LogP contribution in [0.2, 0.25) is 0 Å². The minimum absolute atomic E-state index is 0.220. The molecule has 90 valence electrons. The number of rotatable bonds is 5. The van der Waals surface area contributed by atoms with Crippen LogP contribution in [0.3, 0.4) is 0 Å². The van der Waals surface area contributed by atoms with Crippen molar-refractivity contribution >= 4 is 0 Å². The molecule has 16 heavy (non-hydrogen) atoms. The van der Waals surface area contributed by atoms with Gasteiger partial charge in [0.15, 0.2) is 0 Å². The number of hydrogen-bond acceptors (Lipinski definition) is 1. The van der Waals surface area contributed by atoms with Gasteiger partial charge in [-0.15, -0.1) is 0 Å². The Morgan fingerprint density at radius 1 is 1.12 bits per heavy atom. The molecule has 0 fully saturated rings. The molecule has 0 amide bonds. The van der Waals surface area contributed by atoms with Gasteiger partial charge in [0.05, 0.1) is 20.1 Å². The summed E-state index contributed by atoms with van der Waals surface area (Å²) >= 11 is 0. The molecule has 0 aromatic heterocycles. The summed E-state index contributed by atoms with van der Waals surface area (Å²) in [4.78, 5) is 0. The summed E-state index contributed by atoms with van der Waals surface area (Å²) in [6, 6.07) is 10.2. The van der Waals surface area contributed by atoms with E-state index in [-0.39, 0.29) is 12.1 Å². The van der Waals surface area contributed by atoms with Crippen LogP contribution in [-0.2, 0) is 0 Å². The SMILES string of the molecule is CC[N+](C)(CC)C(C)C(O)c1ccccc1. The molecule has 0 aliphatic carbocycles. The first-order chi connectivity index (χ1) is 7.55. The Labute approximate surface area is 99.1 Å². The first kappa shape index (κ1) is 13.2. The number of aliphatic hydroxyl groups excluding tert-OH is 1. The van der Waals surface area contributed by atoms with Crippen molar-refractivity contribution in [3.05, 3.63) is 35.9 Å². The summed E-state index contributed by atoms with van der Waals surface area (Å²) in [6.07, 6.45) is -0.383. The molecule has 0 aliphatic heterocycles. The largest absolute Gasteiger partial charge is 0.382 e. The van der Waals surface area contributed by atoms with Gasteiger partial charge in [-0.25, -0.2) is 0 Å². The van der Waals surface area contributed by atoms with Gasteiger partial charge in [-0.05, 0) is 26.3 Å². The monoisotopic (exact) mass is 222 g/mol. The van der Waals surface area contributed by atoms with Gasteiger partial charge in [0.1, 0.15) is 12.1 Å². The number of likely N-dealkylation sites (N-methyl/N-ethyl adjacent to an activating group) is 1. The van der Waals surface area contributed by atoms with Crippen LogP contribution in [0.4, 0.5) is 0 Å². The van der Waals surface area contributed by atoms with Crippen LogP contribution in [0, 0.1) is 0 Å². The van der Waals surface area contributed by atoms with Crippen molar-refractivity contribution in [3.63, 3.8) is 0 Å². The van der Waals surface area contributed by atoms with Crippen LogP contribution in [0.5, 0.6) is 0 Å². The van der Waals surface area contributed by atoms with E-state index in [9.17, 15) is 5.11 Å². The van der Waals surface area contributed by atoms with Crippen molar-refractivity contribution in [1.82, 2.24) is 0 Å². The first-order valence-electron chi connectivity index (χ1n) is 6.12. The van der Waals surface area contributed by atoms with Crippen molar-refractivity contribution in [2.24, 2.45) is 0 Å². The summed E-state index contributed by atoms with van der Waals surface area (Å²) in [5.74, 6) is 0. The maximum absolute atomic E-state index is 10.4. The normalized spacial score (nSPS) is 15.8. The van der Waals surface area contributed by atoms with Gasteiger partial charge in [0.2, 0.25) is 0 Å². The highest BCUT2D eigenvalue weighted by Gasteiger charge is 2.32. The standard InChI is InChI=1S/C14H24NO/c1-5-15(4,6-2)12(3)14(16)13-10-8-7-9-11-13/h7-12,14,16H,5-6H2,1-4H3/q+1. The van der Waals surface area contributed by atoms with E-state index < -0.39 is 0 Å². The highest BCUT2D eigenvalue weighted by molar-refractivity contribution is 5.18. The van der Waals surface area contributed by atoms with Crippen molar-refractivity contribution < 1.29 is 9.59 Å². The number of hydrogen-bond donors (Lipinski definition) is 1. The molecule has 0 bridgehead atoms. The molecule has 2 nitrogen and oxygen atoms in total. The topological polar surface area (TPSA) is 20.2 Å². The third kappa shape index (κ3) is 2.63. The molecule has 1 N–H and O–H groups in total. The molecule has 2 heteroatoms. The lowest BCUT2D eigenvalue weighted by atomic mass is 10.0. The minimum Gasteiger partial charge on any atom is -0.382 e. The van der Waals surface area contributed by atoms with Crippen LogP contribution in [0.1, 0.15) is 32.4 Å². The highest BCUT2D eigenvalue weighted by Crippen LogP contribution is 2.24. The van der Waals surface area contributed by atoms with Gasteiger partial charge in [-0.1, -0.05) is 30.3 Å². The van der Waals surface area contributed by atoms with Crippen molar-refractivity contribution in [2.45, 2.75) is 32.9 Å². The minimum atomic E-state index is -0.383. The van der Waals surface area contributed by atoms with E-state index >= 15 is 0 Å². The lowest BCUT2D eigenvalue weighted by molar-refractivity contribution is -0.932. The predicted molar refractivity (Wildman–Crippen MR) is 68.1 cm³/mol. The smallest absolute Gasteiger partial charge is 0.130 e. The van der Waals surface area contributed by atoms with E-state index in [2.05, 4.69) is 27.8 Å². The zero-order valence-corrected chi connectivity index (χ0v) is 10.9. The lowest BCUT2D eigenvalue weighted by Gasteiger charge is -2.40. The summed E-state index contributed by atoms with van der Waals surface area (Å²) < 4.78 is 0.899. The van der Waals surface area contributed by atoms with E-state index in [1.165, 1.54) is 0 Å². The zero-order chi connectivity index (χ0) is 12.2. The third-order valence-electron chi connectivity index (χ3n) is 4.03. The van der Waals surface area contributed by atoms with Gasteiger partial charge < -0.3 is 9.59 Å². The molecule has 1 aromatic carbocycles. The Bertz CT molecular complexity index is 306. The molecule has 0 aliphatic rings. The molecule has 1 aromatic rings. The van der Waals surface area contributed by atoms with Crippen LogP contribution >= 0.6 is 0 Å². The van der Waals surface area contributed by atoms with Gasteiger partial charge in [0.25, 0.3) is 0 Å². The fourth-order valence-electron chi connectivity index (χ4n) is 2.07. The van der Waals surface area contributed by atoms with Crippen LogP contribution < -0.4 is 0 Å². The molecule has 0 radical (unpaired) electrons. The van der Waals surface area contributed by atoms with Gasteiger partial charge in [-0.3, -0.25) is 0 Å². The fraction of sp³-hybridized carbons (Fsp3) is 0.571. The second-order valence-electron chi connectivity index (χ2n) is 4.71. The quantitative estimate of drug-likeness (QED) is 0.759. The molecule has 2 atom stereocenters. The number of benzene rings is 1. The lowest BCUT2D eigenvalue weighted by Crippen LogP contribution is -2.53. The van der Waals surface area contributed by atoms with Crippen LogP contribution in [0.25, 0.3) is 0 Å². The van der Waals surface area contributed by atoms with Gasteiger partial charge in [0, 0.05) is 0 Å². The molecule has 0 heterocycles. The number of quaternary nitrogens is 1. The van der Waals surface area contributed by atoms with Crippen molar-refractivity contribution in [2.75, 3.05) is 20.1 Å². The predicted octanol–water partition coefficient (Wildman–Crippen LogP) is 2.59. The second-order valence-corrected chi connectivity index (χ2v) is 4.71. The Morgan fingerprint density at radius 2 is 1.62 bits per heavy atom. The number of aliphatic hydroxyl groups is 1. The Kier molecular flexibility index (Phi) is 4.51. The van der Waals surface area contributed by atoms with Crippen LogP contribution in [-0.4, -0.2) is 35.8 Å². The average molecular weight is 222 g/mol. The van der Waals surface area contributed by atoms with Gasteiger partial charge in [-0.2, -0.15) is 0 Å². The van der Waals surface area contributed by atoms with E-state index in [1.54, 1.807) is 0 Å². The molecule has 1 rings (SSSR count). The zero-order valence-electron chi connectivity index (χ0n) is 10.9. The molecular weight excluding hydrogens is 198 g/mol.